The Morgan fingerprint density at radius 2 is 2.33 bits per heavy atom. The van der Waals surface area contributed by atoms with Gasteiger partial charge >= 0.3 is 0 Å². The van der Waals surface area contributed by atoms with Crippen molar-refractivity contribution in [2.45, 2.75) is 25.8 Å². The predicted molar refractivity (Wildman–Crippen MR) is 66.5 cm³/mol. The average Bonchev–Trinajstić information content (AvgIpc) is 2.25. The summed E-state index contributed by atoms with van der Waals surface area (Å²) in [4.78, 5) is 6.57. The number of anilines is 1. The normalized spacial score (nSPS) is 10.4. The molecule has 2 nitrogen and oxygen atoms in total. The molecular formula is C12H17ClN2. The minimum Gasteiger partial charge on any atom is -0.350 e. The van der Waals surface area contributed by atoms with E-state index in [-0.39, 0.29) is 0 Å². The van der Waals surface area contributed by atoms with E-state index in [2.05, 4.69) is 30.3 Å². The van der Waals surface area contributed by atoms with Gasteiger partial charge in [-0.2, -0.15) is 0 Å². The van der Waals surface area contributed by atoms with E-state index < -0.39 is 0 Å². The minimum absolute atomic E-state index is 0.389. The molecule has 0 unspecified atom stereocenters. The van der Waals surface area contributed by atoms with Crippen molar-refractivity contribution in [3.63, 3.8) is 0 Å². The van der Waals surface area contributed by atoms with E-state index in [4.69, 9.17) is 11.6 Å². The Morgan fingerprint density at radius 1 is 1.60 bits per heavy atom. The monoisotopic (exact) mass is 224 g/mol. The third-order valence-corrected chi connectivity index (χ3v) is 2.52. The first-order valence-corrected chi connectivity index (χ1v) is 5.61. The highest BCUT2D eigenvalue weighted by atomic mass is 35.5. The van der Waals surface area contributed by atoms with Crippen LogP contribution in [0.25, 0.3) is 0 Å². The second-order valence-electron chi connectivity index (χ2n) is 3.65. The van der Waals surface area contributed by atoms with Crippen LogP contribution < -0.4 is 4.90 Å². The lowest BCUT2D eigenvalue weighted by Crippen LogP contribution is -2.32. The van der Waals surface area contributed by atoms with Crippen LogP contribution in [0.2, 0.25) is 0 Å². The number of hydrogen-bond donors (Lipinski definition) is 0. The minimum atomic E-state index is 0.389. The number of pyridine rings is 1. The first kappa shape index (κ1) is 12.1. The fourth-order valence-corrected chi connectivity index (χ4v) is 1.68. The van der Waals surface area contributed by atoms with E-state index in [1.807, 2.05) is 18.2 Å². The van der Waals surface area contributed by atoms with E-state index in [1.54, 1.807) is 6.20 Å². The van der Waals surface area contributed by atoms with Crippen LogP contribution in [-0.2, 0) is 5.88 Å². The number of aromatic nitrogens is 1. The first-order chi connectivity index (χ1) is 7.20. The Kier molecular flexibility index (Phi) is 4.63. The number of nitrogens with zero attached hydrogens (tertiary/aromatic N) is 2. The third-order valence-electron chi connectivity index (χ3n) is 2.23. The molecule has 0 aliphatic carbocycles. The summed E-state index contributed by atoms with van der Waals surface area (Å²) >= 11 is 5.89. The highest BCUT2D eigenvalue weighted by molar-refractivity contribution is 6.17. The summed E-state index contributed by atoms with van der Waals surface area (Å²) in [7, 11) is 0. The summed E-state index contributed by atoms with van der Waals surface area (Å²) in [5, 5.41) is 0. The topological polar surface area (TPSA) is 16.1 Å². The third kappa shape index (κ3) is 2.96. The number of halogens is 1. The molecule has 1 aromatic heterocycles. The highest BCUT2D eigenvalue weighted by Crippen LogP contribution is 2.20. The van der Waals surface area contributed by atoms with Crippen molar-refractivity contribution in [1.29, 1.82) is 0 Å². The molecular weight excluding hydrogens is 208 g/mol. The van der Waals surface area contributed by atoms with Crippen LogP contribution in [0.4, 0.5) is 5.82 Å². The zero-order valence-electron chi connectivity index (χ0n) is 9.28. The number of hydrogen-bond acceptors (Lipinski definition) is 2. The Balaban J connectivity index is 3.03. The van der Waals surface area contributed by atoms with Crippen LogP contribution in [0, 0.1) is 0 Å². The van der Waals surface area contributed by atoms with Crippen molar-refractivity contribution >= 4 is 17.4 Å². The Labute approximate surface area is 96.6 Å². The second kappa shape index (κ2) is 5.76. The van der Waals surface area contributed by atoms with Crippen molar-refractivity contribution in [1.82, 2.24) is 4.98 Å². The van der Waals surface area contributed by atoms with Crippen molar-refractivity contribution < 1.29 is 0 Å². The second-order valence-corrected chi connectivity index (χ2v) is 3.92. The largest absolute Gasteiger partial charge is 0.350 e. The molecule has 0 saturated heterocycles. The highest BCUT2D eigenvalue weighted by Gasteiger charge is 2.13. The Hall–Kier alpha value is -1.02. The molecule has 0 bridgehead atoms. The van der Waals surface area contributed by atoms with Gasteiger partial charge in [0.05, 0.1) is 5.88 Å². The van der Waals surface area contributed by atoms with Gasteiger partial charge in [-0.3, -0.25) is 0 Å². The van der Waals surface area contributed by atoms with Crippen LogP contribution in [0.5, 0.6) is 0 Å². The van der Waals surface area contributed by atoms with Crippen molar-refractivity contribution in [3.05, 3.63) is 36.5 Å². The number of alkyl halides is 1. The van der Waals surface area contributed by atoms with E-state index >= 15 is 0 Å². The first-order valence-electron chi connectivity index (χ1n) is 5.08. The average molecular weight is 225 g/mol. The van der Waals surface area contributed by atoms with E-state index in [1.165, 1.54) is 0 Å². The van der Waals surface area contributed by atoms with Crippen LogP contribution >= 0.6 is 11.6 Å². The molecule has 0 aromatic carbocycles. The fourth-order valence-electron chi connectivity index (χ4n) is 1.47. The van der Waals surface area contributed by atoms with Gasteiger partial charge in [0.1, 0.15) is 5.82 Å². The van der Waals surface area contributed by atoms with Crippen LogP contribution in [0.15, 0.2) is 31.0 Å². The summed E-state index contributed by atoms with van der Waals surface area (Å²) in [6.45, 7) is 8.82. The van der Waals surface area contributed by atoms with Gasteiger partial charge in [-0.1, -0.05) is 12.1 Å². The zero-order chi connectivity index (χ0) is 11.3. The van der Waals surface area contributed by atoms with Crippen molar-refractivity contribution in [2.24, 2.45) is 0 Å². The van der Waals surface area contributed by atoms with Crippen molar-refractivity contribution in [2.75, 3.05) is 11.4 Å². The molecule has 3 heteroatoms. The van der Waals surface area contributed by atoms with Gasteiger partial charge in [0.25, 0.3) is 0 Å². The Morgan fingerprint density at radius 3 is 2.87 bits per heavy atom. The molecule has 0 amide bonds. The molecule has 15 heavy (non-hydrogen) atoms. The molecule has 0 atom stereocenters. The van der Waals surface area contributed by atoms with E-state index in [0.717, 1.165) is 17.9 Å². The van der Waals surface area contributed by atoms with Gasteiger partial charge in [0.2, 0.25) is 0 Å². The zero-order valence-corrected chi connectivity index (χ0v) is 10.0. The summed E-state index contributed by atoms with van der Waals surface area (Å²) in [5.74, 6) is 1.45. The molecule has 0 fully saturated rings. The molecule has 1 aromatic rings. The summed E-state index contributed by atoms with van der Waals surface area (Å²) < 4.78 is 0. The van der Waals surface area contributed by atoms with Crippen LogP contribution in [-0.4, -0.2) is 17.6 Å². The number of rotatable bonds is 5. The standard InChI is InChI=1S/C12H17ClN2/c1-4-8-15(10(2)3)12-11(9-13)6-5-7-14-12/h4-7,10H,1,8-9H2,2-3H3. The molecule has 1 heterocycles. The Bertz CT molecular complexity index is 323. The quantitative estimate of drug-likeness (QED) is 0.564. The smallest absolute Gasteiger partial charge is 0.133 e. The van der Waals surface area contributed by atoms with Gasteiger partial charge in [0, 0.05) is 24.3 Å². The molecule has 0 aliphatic heterocycles. The maximum atomic E-state index is 5.89. The van der Waals surface area contributed by atoms with Gasteiger partial charge < -0.3 is 4.90 Å². The van der Waals surface area contributed by atoms with Crippen LogP contribution in [0.3, 0.4) is 0 Å². The summed E-state index contributed by atoms with van der Waals surface area (Å²) in [5.41, 5.74) is 1.06. The fraction of sp³-hybridized carbons (Fsp3) is 0.417. The van der Waals surface area contributed by atoms with Gasteiger partial charge in [-0.05, 0) is 19.9 Å². The van der Waals surface area contributed by atoms with Gasteiger partial charge in [-0.15, -0.1) is 18.2 Å². The summed E-state index contributed by atoms with van der Waals surface area (Å²) in [6, 6.07) is 4.31. The molecule has 0 radical (unpaired) electrons. The van der Waals surface area contributed by atoms with E-state index in [0.29, 0.717) is 11.9 Å². The molecule has 0 spiro atoms. The predicted octanol–water partition coefficient (Wildman–Crippen LogP) is 3.22. The molecule has 1 rings (SSSR count). The molecule has 82 valence electrons. The van der Waals surface area contributed by atoms with Crippen molar-refractivity contribution in [3.8, 4) is 0 Å². The maximum Gasteiger partial charge on any atom is 0.133 e. The lowest BCUT2D eigenvalue weighted by molar-refractivity contribution is 0.709. The summed E-state index contributed by atoms with van der Waals surface area (Å²) in [6.07, 6.45) is 3.68. The van der Waals surface area contributed by atoms with Gasteiger partial charge in [-0.25, -0.2) is 4.98 Å². The molecule has 0 aliphatic rings. The maximum absolute atomic E-state index is 5.89. The van der Waals surface area contributed by atoms with Gasteiger partial charge in [0.15, 0.2) is 0 Å². The lowest BCUT2D eigenvalue weighted by Gasteiger charge is -2.28. The SMILES string of the molecule is C=CCN(c1ncccc1CCl)C(C)C. The molecule has 0 saturated carbocycles. The molecule has 0 N–H and O–H groups in total. The lowest BCUT2D eigenvalue weighted by atomic mass is 10.2. The van der Waals surface area contributed by atoms with Crippen LogP contribution in [0.1, 0.15) is 19.4 Å². The van der Waals surface area contributed by atoms with E-state index in [9.17, 15) is 0 Å².